The van der Waals surface area contributed by atoms with Gasteiger partial charge >= 0.3 is 0 Å². The summed E-state index contributed by atoms with van der Waals surface area (Å²) in [6.07, 6.45) is 3.85. The maximum atomic E-state index is 14.4. The second-order valence-corrected chi connectivity index (χ2v) is 10.3. The summed E-state index contributed by atoms with van der Waals surface area (Å²) in [5.74, 6) is -6.15. The lowest BCUT2D eigenvalue weighted by atomic mass is 9.99. The molecule has 7 aromatic rings. The second kappa shape index (κ2) is 10.3. The van der Waals surface area contributed by atoms with Gasteiger partial charge in [0.1, 0.15) is 21.7 Å². The summed E-state index contributed by atoms with van der Waals surface area (Å²) in [4.78, 5) is 17.6. The predicted octanol–water partition coefficient (Wildman–Crippen LogP) is 7.32. The first-order valence-electron chi connectivity index (χ1n) is 13.5. The van der Waals surface area contributed by atoms with Crippen molar-refractivity contribution in [3.05, 3.63) is 106 Å². The average molecular weight is 603 g/mol. The van der Waals surface area contributed by atoms with Crippen LogP contribution in [0.3, 0.4) is 0 Å². The molecule has 1 aromatic heterocycles. The summed E-state index contributed by atoms with van der Waals surface area (Å²) >= 11 is 0. The molecule has 0 unspecified atom stereocenters. The molecule has 0 aliphatic rings. The van der Waals surface area contributed by atoms with Crippen LogP contribution in [0.15, 0.2) is 70.6 Å². The lowest BCUT2D eigenvalue weighted by Gasteiger charge is -2.07. The van der Waals surface area contributed by atoms with E-state index in [0.717, 1.165) is 18.2 Å². The van der Waals surface area contributed by atoms with Crippen LogP contribution >= 0.6 is 0 Å². The molecule has 216 valence electrons. The van der Waals surface area contributed by atoms with Crippen molar-refractivity contribution in [2.75, 3.05) is 0 Å². The summed E-state index contributed by atoms with van der Waals surface area (Å²) in [7, 11) is 0. The number of nitriles is 2. The lowest BCUT2D eigenvalue weighted by Crippen LogP contribution is -2.03. The minimum absolute atomic E-state index is 0.0742. The molecule has 11 heteroatoms. The molecule has 45 heavy (non-hydrogen) atoms. The maximum absolute atomic E-state index is 14.4. The third-order valence-electron chi connectivity index (χ3n) is 7.86. The van der Waals surface area contributed by atoms with Crippen molar-refractivity contribution in [1.29, 1.82) is 10.5 Å². The molecular formula is C34H15F5N6. The number of benzene rings is 4. The maximum Gasteiger partial charge on any atom is 0.206 e. The monoisotopic (exact) mass is 602 g/mol. The van der Waals surface area contributed by atoms with Crippen LogP contribution in [0.2, 0.25) is 0 Å². The van der Waals surface area contributed by atoms with Crippen LogP contribution in [-0.4, -0.2) is 9.97 Å². The molecule has 0 saturated heterocycles. The van der Waals surface area contributed by atoms with Gasteiger partial charge in [-0.25, -0.2) is 31.9 Å². The minimum atomic E-state index is -1.58. The van der Waals surface area contributed by atoms with E-state index in [1.807, 2.05) is 0 Å². The largest absolute Gasteiger partial charge is 0.241 e. The van der Waals surface area contributed by atoms with Gasteiger partial charge in [-0.3, -0.25) is 0 Å². The first-order valence-corrected chi connectivity index (χ1v) is 13.5. The third kappa shape index (κ3) is 4.20. The number of hydrogen-bond acceptors (Lipinski definition) is 6. The van der Waals surface area contributed by atoms with Crippen molar-refractivity contribution in [3.63, 3.8) is 0 Å². The number of nitrogens with zero attached hydrogens (tertiary/aromatic N) is 6. The van der Waals surface area contributed by atoms with Crippen molar-refractivity contribution in [1.82, 2.24) is 9.97 Å². The van der Waals surface area contributed by atoms with Crippen LogP contribution in [0.25, 0.3) is 65.9 Å². The van der Waals surface area contributed by atoms with E-state index in [-0.39, 0.29) is 32.9 Å². The zero-order valence-electron chi connectivity index (χ0n) is 23.1. The van der Waals surface area contributed by atoms with Crippen LogP contribution in [0.5, 0.6) is 0 Å². The van der Waals surface area contributed by atoms with Crippen LogP contribution in [-0.2, 0) is 6.42 Å². The van der Waals surface area contributed by atoms with Crippen LogP contribution in [0.1, 0.15) is 12.5 Å². The van der Waals surface area contributed by atoms with Crippen molar-refractivity contribution in [2.45, 2.75) is 13.3 Å². The number of rotatable bonds is 3. The van der Waals surface area contributed by atoms with E-state index in [9.17, 15) is 32.5 Å². The molecule has 0 amide bonds. The SMILES string of the molecule is CCc1cc(-c2ccc3c(c2)c(=NC#N)c2nc4c(nc23)c(=NC#N)c2cc(-c3cc(F)c(F)c(F)c3)ccc24)cc(F)c1F. The molecule has 0 bridgehead atoms. The van der Waals surface area contributed by atoms with Crippen molar-refractivity contribution in [3.8, 4) is 34.6 Å². The van der Waals surface area contributed by atoms with Gasteiger partial charge in [-0.1, -0.05) is 31.2 Å². The Bertz CT molecular complexity index is 2600. The van der Waals surface area contributed by atoms with Gasteiger partial charge in [-0.2, -0.15) is 20.5 Å². The summed E-state index contributed by atoms with van der Waals surface area (Å²) in [6, 6.07) is 14.3. The zero-order valence-corrected chi connectivity index (χ0v) is 23.1. The summed E-state index contributed by atoms with van der Waals surface area (Å²) in [5.41, 5.74) is 2.90. The molecule has 0 aliphatic heterocycles. The number of aromatic nitrogens is 2. The molecule has 0 N–H and O–H groups in total. The van der Waals surface area contributed by atoms with Gasteiger partial charge in [0.05, 0.1) is 11.0 Å². The highest BCUT2D eigenvalue weighted by atomic mass is 19.2. The lowest BCUT2D eigenvalue weighted by molar-refractivity contribution is 0.448. The van der Waals surface area contributed by atoms with Gasteiger partial charge in [0, 0.05) is 21.5 Å². The summed E-state index contributed by atoms with van der Waals surface area (Å²) < 4.78 is 70.1. The fraction of sp³-hybridized carbons (Fsp3) is 0.0588. The fourth-order valence-electron chi connectivity index (χ4n) is 5.77. The fourth-order valence-corrected chi connectivity index (χ4v) is 5.77. The highest BCUT2D eigenvalue weighted by molar-refractivity contribution is 6.15. The van der Waals surface area contributed by atoms with E-state index in [0.29, 0.717) is 55.7 Å². The van der Waals surface area contributed by atoms with E-state index in [4.69, 9.17) is 9.97 Å². The Morgan fingerprint density at radius 1 is 0.556 bits per heavy atom. The highest BCUT2D eigenvalue weighted by Gasteiger charge is 2.20. The van der Waals surface area contributed by atoms with E-state index in [1.165, 1.54) is 0 Å². The van der Waals surface area contributed by atoms with Gasteiger partial charge in [0.25, 0.3) is 0 Å². The molecule has 1 heterocycles. The smallest absolute Gasteiger partial charge is 0.206 e. The topological polar surface area (TPSA) is 98.1 Å². The minimum Gasteiger partial charge on any atom is -0.241 e. The van der Waals surface area contributed by atoms with Gasteiger partial charge in [0.2, 0.25) is 12.4 Å². The van der Waals surface area contributed by atoms with E-state index in [1.54, 1.807) is 61.8 Å². The van der Waals surface area contributed by atoms with Gasteiger partial charge in [0.15, 0.2) is 29.1 Å². The molecule has 0 aliphatic carbocycles. The predicted molar refractivity (Wildman–Crippen MR) is 157 cm³/mol. The summed E-state index contributed by atoms with van der Waals surface area (Å²) in [6.45, 7) is 1.72. The Labute approximate surface area is 250 Å². The first kappa shape index (κ1) is 27.7. The van der Waals surface area contributed by atoms with Crippen molar-refractivity contribution < 1.29 is 22.0 Å². The van der Waals surface area contributed by atoms with Crippen LogP contribution < -0.4 is 10.7 Å². The highest BCUT2D eigenvalue weighted by Crippen LogP contribution is 2.33. The van der Waals surface area contributed by atoms with Crippen LogP contribution in [0.4, 0.5) is 22.0 Å². The second-order valence-electron chi connectivity index (χ2n) is 10.3. The zero-order chi connectivity index (χ0) is 31.6. The molecule has 0 fully saturated rings. The summed E-state index contributed by atoms with van der Waals surface area (Å²) in [5, 5.41) is 21.5. The van der Waals surface area contributed by atoms with Crippen molar-refractivity contribution >= 4 is 43.6 Å². The number of halogens is 5. The Hall–Kier alpha value is -6.07. The normalized spacial score (nSPS) is 12.5. The van der Waals surface area contributed by atoms with Gasteiger partial charge in [-0.15, -0.1) is 0 Å². The molecule has 6 aromatic carbocycles. The van der Waals surface area contributed by atoms with Crippen LogP contribution in [0, 0.1) is 52.0 Å². The Morgan fingerprint density at radius 2 is 1.00 bits per heavy atom. The number of aryl methyl sites for hydroxylation is 1. The molecular weight excluding hydrogens is 587 g/mol. The Morgan fingerprint density at radius 3 is 1.44 bits per heavy atom. The van der Waals surface area contributed by atoms with E-state index >= 15 is 0 Å². The molecule has 0 atom stereocenters. The molecule has 0 saturated carbocycles. The quantitative estimate of drug-likeness (QED) is 0.120. The van der Waals surface area contributed by atoms with Gasteiger partial charge < -0.3 is 0 Å². The first-order chi connectivity index (χ1) is 21.7. The Kier molecular flexibility index (Phi) is 6.34. The molecule has 6 nitrogen and oxygen atoms in total. The Balaban J connectivity index is 1.51. The van der Waals surface area contributed by atoms with E-state index < -0.39 is 29.1 Å². The number of fused-ring (bicyclic) bond motifs is 6. The third-order valence-corrected chi connectivity index (χ3v) is 7.86. The van der Waals surface area contributed by atoms with E-state index in [2.05, 4.69) is 9.98 Å². The standard InChI is InChI=1S/C34H15F5N6/c1-2-15-7-18(10-24(35)27(15)38)16-3-5-20-22(8-16)29(42-13-40)33-31(20)44-34-30(43-14-41)23-9-17(4-6-21(23)32(34)45-33)19-11-25(36)28(39)26(37)12-19/h3-12H,2H2,1H3. The van der Waals surface area contributed by atoms with Gasteiger partial charge in [-0.05, 0) is 70.6 Å². The molecule has 0 spiro atoms. The molecule has 7 rings (SSSR count). The molecule has 0 radical (unpaired) electrons. The van der Waals surface area contributed by atoms with Crippen molar-refractivity contribution in [2.24, 2.45) is 9.98 Å². The average Bonchev–Trinajstić information content (AvgIpc) is 3.51. The number of hydrogen-bond donors (Lipinski definition) is 0.